The van der Waals surface area contributed by atoms with Crippen molar-refractivity contribution in [2.24, 2.45) is 5.92 Å². The number of rotatable bonds is 4. The maximum Gasteiger partial charge on any atom is 0.229 e. The minimum atomic E-state index is -0.0752. The molecule has 1 aromatic carbocycles. The molecule has 8 nitrogen and oxygen atoms in total. The number of aromatic nitrogens is 5. The lowest BCUT2D eigenvalue weighted by atomic mass is 9.97. The number of para-hydroxylation sites is 1. The summed E-state index contributed by atoms with van der Waals surface area (Å²) in [4.78, 5) is 27.3. The molecular weight excluding hydrogens is 330 g/mol. The van der Waals surface area contributed by atoms with Gasteiger partial charge in [-0.2, -0.15) is 5.10 Å². The van der Waals surface area contributed by atoms with E-state index >= 15 is 0 Å². The lowest BCUT2D eigenvalue weighted by Gasteiger charge is -2.32. The number of carbonyl (C=O) groups is 1. The van der Waals surface area contributed by atoms with Crippen molar-refractivity contribution in [3.05, 3.63) is 55.4 Å². The van der Waals surface area contributed by atoms with E-state index in [1.54, 1.807) is 11.0 Å². The molecule has 2 aromatic heterocycles. The molecule has 3 aromatic rings. The SMILES string of the molecule is O=C(Nc1ccccc1)[C@H]1CCCN(c2cc(-n3cncn3)ncn2)C1. The monoisotopic (exact) mass is 349 g/mol. The molecule has 0 unspecified atom stereocenters. The number of hydrogen-bond acceptors (Lipinski definition) is 6. The van der Waals surface area contributed by atoms with Crippen molar-refractivity contribution < 1.29 is 4.79 Å². The van der Waals surface area contributed by atoms with E-state index < -0.39 is 0 Å². The largest absolute Gasteiger partial charge is 0.356 e. The number of benzene rings is 1. The Hall–Kier alpha value is -3.29. The van der Waals surface area contributed by atoms with Gasteiger partial charge >= 0.3 is 0 Å². The van der Waals surface area contributed by atoms with Gasteiger partial charge in [-0.25, -0.2) is 19.6 Å². The normalized spacial score (nSPS) is 17.1. The van der Waals surface area contributed by atoms with E-state index in [0.717, 1.165) is 30.9 Å². The highest BCUT2D eigenvalue weighted by atomic mass is 16.1. The summed E-state index contributed by atoms with van der Waals surface area (Å²) in [6.45, 7) is 1.50. The third kappa shape index (κ3) is 3.53. The van der Waals surface area contributed by atoms with Crippen LogP contribution < -0.4 is 10.2 Å². The third-order valence-electron chi connectivity index (χ3n) is 4.45. The minimum Gasteiger partial charge on any atom is -0.356 e. The zero-order valence-electron chi connectivity index (χ0n) is 14.2. The smallest absolute Gasteiger partial charge is 0.229 e. The highest BCUT2D eigenvalue weighted by Gasteiger charge is 2.27. The first-order chi connectivity index (χ1) is 12.8. The fraction of sp³-hybridized carbons (Fsp3) is 0.278. The molecule has 1 N–H and O–H groups in total. The Balaban J connectivity index is 1.47. The topological polar surface area (TPSA) is 88.8 Å². The summed E-state index contributed by atoms with van der Waals surface area (Å²) in [7, 11) is 0. The number of carbonyl (C=O) groups excluding carboxylic acids is 1. The Morgan fingerprint density at radius 3 is 2.77 bits per heavy atom. The minimum absolute atomic E-state index is 0.0476. The molecule has 0 saturated carbocycles. The van der Waals surface area contributed by atoms with Gasteiger partial charge in [-0.15, -0.1) is 0 Å². The highest BCUT2D eigenvalue weighted by molar-refractivity contribution is 5.93. The average Bonchev–Trinajstić information content (AvgIpc) is 3.24. The van der Waals surface area contributed by atoms with Crippen molar-refractivity contribution in [1.29, 1.82) is 0 Å². The molecule has 132 valence electrons. The molecule has 1 fully saturated rings. The number of nitrogens with one attached hydrogen (secondary N) is 1. The van der Waals surface area contributed by atoms with Crippen molar-refractivity contribution in [2.75, 3.05) is 23.3 Å². The molecule has 1 atom stereocenters. The van der Waals surface area contributed by atoms with Crippen LogP contribution in [-0.4, -0.2) is 43.7 Å². The lowest BCUT2D eigenvalue weighted by Crippen LogP contribution is -2.41. The predicted octanol–water partition coefficient (Wildman–Crippen LogP) is 1.91. The van der Waals surface area contributed by atoms with Crippen LogP contribution in [0.1, 0.15) is 12.8 Å². The second-order valence-corrected chi connectivity index (χ2v) is 6.21. The van der Waals surface area contributed by atoms with E-state index in [2.05, 4.69) is 30.3 Å². The number of amides is 1. The van der Waals surface area contributed by atoms with Gasteiger partial charge in [0, 0.05) is 24.8 Å². The van der Waals surface area contributed by atoms with Gasteiger partial charge in [0.05, 0.1) is 5.92 Å². The van der Waals surface area contributed by atoms with Gasteiger partial charge in [0.15, 0.2) is 5.82 Å². The fourth-order valence-electron chi connectivity index (χ4n) is 3.13. The highest BCUT2D eigenvalue weighted by Crippen LogP contribution is 2.23. The number of piperidine rings is 1. The van der Waals surface area contributed by atoms with Crippen LogP contribution in [0.4, 0.5) is 11.5 Å². The Morgan fingerprint density at radius 1 is 1.12 bits per heavy atom. The first-order valence-electron chi connectivity index (χ1n) is 8.57. The van der Waals surface area contributed by atoms with Crippen molar-refractivity contribution >= 4 is 17.4 Å². The van der Waals surface area contributed by atoms with E-state index in [4.69, 9.17) is 0 Å². The van der Waals surface area contributed by atoms with Crippen LogP contribution in [0.15, 0.2) is 55.4 Å². The quantitative estimate of drug-likeness (QED) is 0.774. The van der Waals surface area contributed by atoms with E-state index in [-0.39, 0.29) is 11.8 Å². The van der Waals surface area contributed by atoms with Crippen LogP contribution in [0.3, 0.4) is 0 Å². The van der Waals surface area contributed by atoms with Gasteiger partial charge in [-0.3, -0.25) is 4.79 Å². The molecule has 1 aliphatic heterocycles. The Kier molecular flexibility index (Phi) is 4.55. The van der Waals surface area contributed by atoms with Crippen LogP contribution >= 0.6 is 0 Å². The average molecular weight is 349 g/mol. The van der Waals surface area contributed by atoms with Crippen molar-refractivity contribution in [3.8, 4) is 5.82 Å². The first-order valence-corrected chi connectivity index (χ1v) is 8.57. The van der Waals surface area contributed by atoms with Crippen molar-refractivity contribution in [1.82, 2.24) is 24.7 Å². The van der Waals surface area contributed by atoms with Crippen molar-refractivity contribution in [3.63, 3.8) is 0 Å². The zero-order chi connectivity index (χ0) is 17.8. The number of hydrogen-bond donors (Lipinski definition) is 1. The predicted molar refractivity (Wildman–Crippen MR) is 97.0 cm³/mol. The molecule has 0 aliphatic carbocycles. The van der Waals surface area contributed by atoms with Crippen molar-refractivity contribution in [2.45, 2.75) is 12.8 Å². The summed E-state index contributed by atoms with van der Waals surface area (Å²) in [5, 5.41) is 7.09. The van der Waals surface area contributed by atoms with Crippen LogP contribution in [0.2, 0.25) is 0 Å². The number of anilines is 2. The molecule has 1 aliphatic rings. The maximum absolute atomic E-state index is 12.6. The molecule has 26 heavy (non-hydrogen) atoms. The second kappa shape index (κ2) is 7.30. The molecule has 1 amide bonds. The molecule has 1 saturated heterocycles. The summed E-state index contributed by atoms with van der Waals surface area (Å²) in [6.07, 6.45) is 6.39. The summed E-state index contributed by atoms with van der Waals surface area (Å²) in [5.41, 5.74) is 0.824. The standard InChI is InChI=1S/C18H19N7O/c26-18(23-15-6-2-1-3-7-15)14-5-4-8-24(10-14)16-9-17(21-12-20-16)25-13-19-11-22-25/h1-3,6-7,9,11-14H,4-5,8,10H2,(H,23,26)/t14-/m0/s1. The summed E-state index contributed by atoms with van der Waals surface area (Å²) in [6, 6.07) is 11.4. The molecule has 0 spiro atoms. The van der Waals surface area contributed by atoms with Gasteiger partial charge < -0.3 is 10.2 Å². The zero-order valence-corrected chi connectivity index (χ0v) is 14.2. The van der Waals surface area contributed by atoms with E-state index in [0.29, 0.717) is 12.4 Å². The first kappa shape index (κ1) is 16.2. The Labute approximate surface area is 150 Å². The van der Waals surface area contributed by atoms with E-state index in [9.17, 15) is 4.79 Å². The summed E-state index contributed by atoms with van der Waals surface area (Å²) < 4.78 is 1.59. The third-order valence-corrected chi connectivity index (χ3v) is 4.45. The molecule has 4 rings (SSSR count). The van der Waals surface area contributed by atoms with Gasteiger partial charge in [-0.05, 0) is 25.0 Å². The second-order valence-electron chi connectivity index (χ2n) is 6.21. The number of nitrogens with zero attached hydrogens (tertiary/aromatic N) is 6. The Morgan fingerprint density at radius 2 is 1.96 bits per heavy atom. The molecule has 0 bridgehead atoms. The van der Waals surface area contributed by atoms with Crippen LogP contribution in [0.5, 0.6) is 0 Å². The summed E-state index contributed by atoms with van der Waals surface area (Å²) in [5.74, 6) is 1.42. The maximum atomic E-state index is 12.6. The van der Waals surface area contributed by atoms with Gasteiger partial charge in [0.25, 0.3) is 0 Å². The molecule has 0 radical (unpaired) electrons. The van der Waals surface area contributed by atoms with E-state index in [1.165, 1.54) is 12.7 Å². The van der Waals surface area contributed by atoms with Gasteiger partial charge in [0.1, 0.15) is 24.8 Å². The van der Waals surface area contributed by atoms with Crippen LogP contribution in [0, 0.1) is 5.92 Å². The van der Waals surface area contributed by atoms with Gasteiger partial charge in [0.2, 0.25) is 5.91 Å². The molecule has 3 heterocycles. The van der Waals surface area contributed by atoms with E-state index in [1.807, 2.05) is 36.4 Å². The molecule has 8 heteroatoms. The molecular formula is C18H19N7O. The van der Waals surface area contributed by atoms with Gasteiger partial charge in [-0.1, -0.05) is 18.2 Å². The lowest BCUT2D eigenvalue weighted by molar-refractivity contribution is -0.120. The van der Waals surface area contributed by atoms with Crippen LogP contribution in [0.25, 0.3) is 5.82 Å². The summed E-state index contributed by atoms with van der Waals surface area (Å²) >= 11 is 0. The Bertz CT molecular complexity index is 866. The fourth-order valence-corrected chi connectivity index (χ4v) is 3.13. The van der Waals surface area contributed by atoms with Crippen LogP contribution in [-0.2, 0) is 4.79 Å².